The lowest BCUT2D eigenvalue weighted by Gasteiger charge is -2.35. The van der Waals surface area contributed by atoms with Crippen molar-refractivity contribution in [2.24, 2.45) is 0 Å². The molecule has 2 fully saturated rings. The lowest BCUT2D eigenvalue weighted by Crippen LogP contribution is -2.54. The van der Waals surface area contributed by atoms with E-state index in [2.05, 4.69) is 22.0 Å². The van der Waals surface area contributed by atoms with Crippen LogP contribution in [0.2, 0.25) is 0 Å². The molecule has 0 radical (unpaired) electrons. The van der Waals surface area contributed by atoms with Gasteiger partial charge in [-0.05, 0) is 33.7 Å². The zero-order chi connectivity index (χ0) is 13.9. The van der Waals surface area contributed by atoms with Gasteiger partial charge in [0.2, 0.25) is 5.91 Å². The van der Waals surface area contributed by atoms with E-state index in [1.807, 2.05) is 13.8 Å². The predicted octanol–water partition coefficient (Wildman–Crippen LogP) is 0.308. The Morgan fingerprint density at radius 3 is 2.68 bits per heavy atom. The van der Waals surface area contributed by atoms with E-state index in [0.29, 0.717) is 6.04 Å². The number of rotatable bonds is 3. The maximum Gasteiger partial charge on any atom is 0.242 e. The zero-order valence-corrected chi connectivity index (χ0v) is 12.4. The van der Waals surface area contributed by atoms with E-state index in [1.54, 1.807) is 0 Å². The Hall–Kier alpha value is -0.650. The fourth-order valence-electron chi connectivity index (χ4n) is 2.78. The summed E-state index contributed by atoms with van der Waals surface area (Å²) in [4.78, 5) is 17.0. The van der Waals surface area contributed by atoms with Gasteiger partial charge in [0.15, 0.2) is 0 Å². The highest BCUT2D eigenvalue weighted by Crippen LogP contribution is 2.17. The molecule has 0 bridgehead atoms. The SMILES string of the molecule is CC1CCNC(C)(C)C(=O)N1CCN1CCOCC1. The summed E-state index contributed by atoms with van der Waals surface area (Å²) in [5.74, 6) is 0.228. The van der Waals surface area contributed by atoms with Crippen LogP contribution in [0.1, 0.15) is 27.2 Å². The molecule has 5 nitrogen and oxygen atoms in total. The lowest BCUT2D eigenvalue weighted by molar-refractivity contribution is -0.138. The number of hydrogen-bond donors (Lipinski definition) is 1. The molecular weight excluding hydrogens is 242 g/mol. The molecule has 1 N–H and O–H groups in total. The number of hydrogen-bond acceptors (Lipinski definition) is 4. The molecule has 0 aromatic carbocycles. The number of morpholine rings is 1. The van der Waals surface area contributed by atoms with Crippen molar-refractivity contribution in [3.05, 3.63) is 0 Å². The third kappa shape index (κ3) is 3.68. The molecule has 110 valence electrons. The van der Waals surface area contributed by atoms with Crippen molar-refractivity contribution < 1.29 is 9.53 Å². The highest BCUT2D eigenvalue weighted by molar-refractivity contribution is 5.86. The van der Waals surface area contributed by atoms with Crippen LogP contribution >= 0.6 is 0 Å². The van der Waals surface area contributed by atoms with E-state index >= 15 is 0 Å². The van der Waals surface area contributed by atoms with Crippen LogP contribution in [-0.2, 0) is 9.53 Å². The van der Waals surface area contributed by atoms with Gasteiger partial charge in [-0.2, -0.15) is 0 Å². The van der Waals surface area contributed by atoms with Crippen LogP contribution in [0.15, 0.2) is 0 Å². The Bertz CT molecular complexity index is 314. The summed E-state index contributed by atoms with van der Waals surface area (Å²) < 4.78 is 5.35. The van der Waals surface area contributed by atoms with Crippen molar-refractivity contribution in [3.63, 3.8) is 0 Å². The smallest absolute Gasteiger partial charge is 0.242 e. The molecule has 0 aromatic heterocycles. The minimum Gasteiger partial charge on any atom is -0.379 e. The van der Waals surface area contributed by atoms with Crippen LogP contribution in [-0.4, -0.2) is 73.2 Å². The number of carbonyl (C=O) groups excluding carboxylic acids is 1. The molecule has 1 amide bonds. The van der Waals surface area contributed by atoms with Crippen LogP contribution in [0.3, 0.4) is 0 Å². The molecule has 1 atom stereocenters. The van der Waals surface area contributed by atoms with Crippen LogP contribution in [0.5, 0.6) is 0 Å². The fourth-order valence-corrected chi connectivity index (χ4v) is 2.78. The Kier molecular flexibility index (Phi) is 4.81. The second kappa shape index (κ2) is 6.20. The number of nitrogens with one attached hydrogen (secondary N) is 1. The number of nitrogens with zero attached hydrogens (tertiary/aromatic N) is 2. The first-order chi connectivity index (χ1) is 9.00. The maximum atomic E-state index is 12.6. The summed E-state index contributed by atoms with van der Waals surface area (Å²) in [6.45, 7) is 12.4. The summed E-state index contributed by atoms with van der Waals surface area (Å²) >= 11 is 0. The van der Waals surface area contributed by atoms with E-state index in [9.17, 15) is 4.79 Å². The molecule has 0 saturated carbocycles. The first-order valence-electron chi connectivity index (χ1n) is 7.37. The molecule has 1 unspecified atom stereocenters. The van der Waals surface area contributed by atoms with Crippen LogP contribution < -0.4 is 5.32 Å². The van der Waals surface area contributed by atoms with Crippen molar-refractivity contribution >= 4 is 5.91 Å². The molecule has 0 spiro atoms. The second-order valence-electron chi connectivity index (χ2n) is 6.14. The lowest BCUT2D eigenvalue weighted by atomic mass is 10.0. The minimum absolute atomic E-state index is 0.228. The average Bonchev–Trinajstić information content (AvgIpc) is 2.48. The van der Waals surface area contributed by atoms with Gasteiger partial charge in [0, 0.05) is 32.2 Å². The summed E-state index contributed by atoms with van der Waals surface area (Å²) in [5, 5.41) is 3.34. The minimum atomic E-state index is -0.435. The maximum absolute atomic E-state index is 12.6. The van der Waals surface area contributed by atoms with E-state index in [1.165, 1.54) is 0 Å². The van der Waals surface area contributed by atoms with Gasteiger partial charge in [0.05, 0.1) is 18.8 Å². The van der Waals surface area contributed by atoms with Gasteiger partial charge in [0.25, 0.3) is 0 Å². The van der Waals surface area contributed by atoms with E-state index in [4.69, 9.17) is 4.74 Å². The molecule has 2 saturated heterocycles. The molecule has 2 heterocycles. The molecule has 0 aromatic rings. The molecule has 2 aliphatic rings. The quantitative estimate of drug-likeness (QED) is 0.801. The van der Waals surface area contributed by atoms with Crippen LogP contribution in [0.25, 0.3) is 0 Å². The highest BCUT2D eigenvalue weighted by atomic mass is 16.5. The predicted molar refractivity (Wildman–Crippen MR) is 75.1 cm³/mol. The van der Waals surface area contributed by atoms with E-state index in [-0.39, 0.29) is 5.91 Å². The fraction of sp³-hybridized carbons (Fsp3) is 0.929. The highest BCUT2D eigenvalue weighted by Gasteiger charge is 2.36. The van der Waals surface area contributed by atoms with Crippen LogP contribution in [0.4, 0.5) is 0 Å². The normalized spacial score (nSPS) is 29.3. The summed E-state index contributed by atoms with van der Waals surface area (Å²) in [6.07, 6.45) is 1.03. The van der Waals surface area contributed by atoms with Gasteiger partial charge in [-0.3, -0.25) is 9.69 Å². The third-order valence-electron chi connectivity index (χ3n) is 4.22. The van der Waals surface area contributed by atoms with Crippen molar-refractivity contribution in [2.75, 3.05) is 45.9 Å². The second-order valence-corrected chi connectivity index (χ2v) is 6.14. The Labute approximate surface area is 116 Å². The van der Waals surface area contributed by atoms with Crippen molar-refractivity contribution in [2.45, 2.75) is 38.8 Å². The van der Waals surface area contributed by atoms with Crippen molar-refractivity contribution in [3.8, 4) is 0 Å². The number of amides is 1. The largest absolute Gasteiger partial charge is 0.379 e. The Balaban J connectivity index is 1.93. The number of carbonyl (C=O) groups is 1. The zero-order valence-electron chi connectivity index (χ0n) is 12.4. The summed E-state index contributed by atoms with van der Waals surface area (Å²) in [7, 11) is 0. The summed E-state index contributed by atoms with van der Waals surface area (Å²) in [5.41, 5.74) is -0.435. The van der Waals surface area contributed by atoms with E-state index < -0.39 is 5.54 Å². The number of ether oxygens (including phenoxy) is 1. The van der Waals surface area contributed by atoms with Gasteiger partial charge in [-0.1, -0.05) is 0 Å². The first kappa shape index (κ1) is 14.8. The van der Waals surface area contributed by atoms with Crippen molar-refractivity contribution in [1.29, 1.82) is 0 Å². The monoisotopic (exact) mass is 269 g/mol. The van der Waals surface area contributed by atoms with Gasteiger partial charge in [-0.25, -0.2) is 0 Å². The topological polar surface area (TPSA) is 44.8 Å². The molecule has 5 heteroatoms. The van der Waals surface area contributed by atoms with Gasteiger partial charge in [0.1, 0.15) is 0 Å². The molecule has 2 rings (SSSR count). The Morgan fingerprint density at radius 2 is 2.00 bits per heavy atom. The average molecular weight is 269 g/mol. The van der Waals surface area contributed by atoms with Gasteiger partial charge < -0.3 is 15.0 Å². The molecule has 2 aliphatic heterocycles. The van der Waals surface area contributed by atoms with Crippen LogP contribution in [0, 0.1) is 0 Å². The molecule has 0 aliphatic carbocycles. The standard InChI is InChI=1S/C14H27N3O2/c1-12-4-5-15-14(2,3)13(18)17(12)7-6-16-8-10-19-11-9-16/h12,15H,4-11H2,1-3H3. The molecular formula is C14H27N3O2. The Morgan fingerprint density at radius 1 is 1.32 bits per heavy atom. The molecule has 19 heavy (non-hydrogen) atoms. The van der Waals surface area contributed by atoms with Crippen molar-refractivity contribution in [1.82, 2.24) is 15.1 Å². The third-order valence-corrected chi connectivity index (χ3v) is 4.22. The summed E-state index contributed by atoms with van der Waals surface area (Å²) in [6, 6.07) is 0.322. The van der Waals surface area contributed by atoms with Gasteiger partial charge >= 0.3 is 0 Å². The van der Waals surface area contributed by atoms with E-state index in [0.717, 1.165) is 52.4 Å². The van der Waals surface area contributed by atoms with Gasteiger partial charge in [-0.15, -0.1) is 0 Å². The first-order valence-corrected chi connectivity index (χ1v) is 7.37.